The van der Waals surface area contributed by atoms with Crippen LogP contribution in [0.15, 0.2) is 30.3 Å². The van der Waals surface area contributed by atoms with Crippen molar-refractivity contribution < 1.29 is 0 Å². The summed E-state index contributed by atoms with van der Waals surface area (Å²) >= 11 is 0. The van der Waals surface area contributed by atoms with Crippen molar-refractivity contribution in [3.05, 3.63) is 30.3 Å². The normalized spacial score (nSPS) is 11.8. The summed E-state index contributed by atoms with van der Waals surface area (Å²) in [5, 5.41) is 0. The average molecular weight is 389 g/mol. The van der Waals surface area contributed by atoms with Crippen LogP contribution < -0.4 is 4.48 Å². The van der Waals surface area contributed by atoms with Crippen molar-refractivity contribution in [2.24, 2.45) is 0 Å². The van der Waals surface area contributed by atoms with Crippen molar-refractivity contribution >= 4 is 5.69 Å². The van der Waals surface area contributed by atoms with Crippen LogP contribution in [0.25, 0.3) is 0 Å². The fraction of sp³-hybridized carbons (Fsp3) is 0.778. The smallest absolute Gasteiger partial charge is 0.132 e. The van der Waals surface area contributed by atoms with E-state index < -0.39 is 0 Å². The molecule has 162 valence electrons. The Morgan fingerprint density at radius 3 is 1.18 bits per heavy atom. The molecule has 0 amide bonds. The van der Waals surface area contributed by atoms with Crippen LogP contribution in [0, 0.1) is 0 Å². The molecule has 0 aliphatic rings. The van der Waals surface area contributed by atoms with Crippen LogP contribution in [-0.2, 0) is 0 Å². The van der Waals surface area contributed by atoms with Gasteiger partial charge in [0.05, 0.1) is 19.6 Å². The molecule has 0 heterocycles. The monoisotopic (exact) mass is 388 g/mol. The molecule has 28 heavy (non-hydrogen) atoms. The van der Waals surface area contributed by atoms with Crippen LogP contribution in [0.3, 0.4) is 0 Å². The first-order valence-corrected chi connectivity index (χ1v) is 12.7. The van der Waals surface area contributed by atoms with E-state index in [0.717, 1.165) is 0 Å². The zero-order valence-corrected chi connectivity index (χ0v) is 19.6. The predicted molar refractivity (Wildman–Crippen MR) is 129 cm³/mol. The quantitative estimate of drug-likeness (QED) is 0.164. The third kappa shape index (κ3) is 10.6. The Morgan fingerprint density at radius 1 is 0.464 bits per heavy atom. The summed E-state index contributed by atoms with van der Waals surface area (Å²) < 4.78 is 1.24. The number of nitrogens with zero attached hydrogens (tertiary/aromatic N) is 1. The van der Waals surface area contributed by atoms with Crippen molar-refractivity contribution in [3.63, 3.8) is 0 Å². The summed E-state index contributed by atoms with van der Waals surface area (Å²) in [7, 11) is 0. The van der Waals surface area contributed by atoms with E-state index in [1.165, 1.54) is 120 Å². The summed E-state index contributed by atoms with van der Waals surface area (Å²) in [6.07, 6.45) is 20.9. The van der Waals surface area contributed by atoms with Crippen molar-refractivity contribution in [1.82, 2.24) is 4.48 Å². The SMILES string of the molecule is CCCCCCC[N+](CCCCCCC)(CCCCCCC)c1ccccc1. The largest absolute Gasteiger partial charge is 0.291 e. The topological polar surface area (TPSA) is 0 Å². The molecule has 0 atom stereocenters. The van der Waals surface area contributed by atoms with Gasteiger partial charge in [-0.3, -0.25) is 4.48 Å². The Hall–Kier alpha value is -0.820. The minimum Gasteiger partial charge on any atom is -0.291 e. The number of rotatable bonds is 19. The van der Waals surface area contributed by atoms with Crippen molar-refractivity contribution in [3.8, 4) is 0 Å². The van der Waals surface area contributed by atoms with Gasteiger partial charge in [-0.15, -0.1) is 0 Å². The zero-order valence-electron chi connectivity index (χ0n) is 19.6. The van der Waals surface area contributed by atoms with Crippen LogP contribution in [0.4, 0.5) is 5.69 Å². The van der Waals surface area contributed by atoms with E-state index in [1.807, 2.05) is 0 Å². The lowest BCUT2D eigenvalue weighted by Crippen LogP contribution is -2.51. The molecule has 1 heteroatoms. The third-order valence-electron chi connectivity index (χ3n) is 6.37. The first-order valence-electron chi connectivity index (χ1n) is 12.7. The van der Waals surface area contributed by atoms with E-state index in [9.17, 15) is 0 Å². The number of unbranched alkanes of at least 4 members (excludes halogenated alkanes) is 12. The average Bonchev–Trinajstić information content (AvgIpc) is 2.73. The van der Waals surface area contributed by atoms with Crippen molar-refractivity contribution in [2.45, 2.75) is 117 Å². The highest BCUT2D eigenvalue weighted by molar-refractivity contribution is 5.42. The summed E-state index contributed by atoms with van der Waals surface area (Å²) in [6, 6.07) is 11.5. The third-order valence-corrected chi connectivity index (χ3v) is 6.37. The van der Waals surface area contributed by atoms with Gasteiger partial charge in [-0.2, -0.15) is 0 Å². The molecule has 0 fully saturated rings. The van der Waals surface area contributed by atoms with Gasteiger partial charge in [-0.05, 0) is 50.7 Å². The lowest BCUT2D eigenvalue weighted by atomic mass is 10.1. The number of hydrogen-bond donors (Lipinski definition) is 0. The van der Waals surface area contributed by atoms with Gasteiger partial charge in [-0.1, -0.05) is 96.8 Å². The second kappa shape index (κ2) is 17.1. The van der Waals surface area contributed by atoms with E-state index in [4.69, 9.17) is 0 Å². The molecule has 0 saturated heterocycles. The second-order valence-electron chi connectivity index (χ2n) is 8.89. The highest BCUT2D eigenvalue weighted by Crippen LogP contribution is 2.27. The molecule has 1 rings (SSSR count). The maximum absolute atomic E-state index is 2.41. The van der Waals surface area contributed by atoms with Gasteiger partial charge >= 0.3 is 0 Å². The number of benzene rings is 1. The molecule has 1 aromatic carbocycles. The van der Waals surface area contributed by atoms with E-state index in [1.54, 1.807) is 5.69 Å². The van der Waals surface area contributed by atoms with Gasteiger partial charge in [0.25, 0.3) is 0 Å². The minimum atomic E-state index is 1.24. The van der Waals surface area contributed by atoms with Crippen LogP contribution in [-0.4, -0.2) is 19.6 Å². The van der Waals surface area contributed by atoms with Crippen LogP contribution in [0.2, 0.25) is 0 Å². The lowest BCUT2D eigenvalue weighted by molar-refractivity contribution is 0.253. The van der Waals surface area contributed by atoms with E-state index in [-0.39, 0.29) is 0 Å². The zero-order chi connectivity index (χ0) is 20.3. The highest BCUT2D eigenvalue weighted by atomic mass is 15.4. The van der Waals surface area contributed by atoms with E-state index in [0.29, 0.717) is 0 Å². The predicted octanol–water partition coefficient (Wildman–Crippen LogP) is 8.91. The first-order chi connectivity index (χ1) is 13.8. The molecule has 0 aliphatic heterocycles. The fourth-order valence-corrected chi connectivity index (χ4v) is 4.52. The van der Waals surface area contributed by atoms with Gasteiger partial charge in [-0.25, -0.2) is 0 Å². The molecule has 0 aromatic heterocycles. The highest BCUT2D eigenvalue weighted by Gasteiger charge is 2.28. The summed E-state index contributed by atoms with van der Waals surface area (Å²) in [5.41, 5.74) is 1.57. The molecule has 0 bridgehead atoms. The Kier molecular flexibility index (Phi) is 15.4. The number of hydrogen-bond acceptors (Lipinski definition) is 0. The minimum absolute atomic E-state index is 1.24. The van der Waals surface area contributed by atoms with E-state index >= 15 is 0 Å². The van der Waals surface area contributed by atoms with Gasteiger partial charge < -0.3 is 0 Å². The van der Waals surface area contributed by atoms with E-state index in [2.05, 4.69) is 51.1 Å². The van der Waals surface area contributed by atoms with Crippen molar-refractivity contribution in [1.29, 1.82) is 0 Å². The molecule has 0 N–H and O–H groups in total. The Labute approximate surface area is 177 Å². The number of quaternary nitrogens is 1. The lowest BCUT2D eigenvalue weighted by Gasteiger charge is -2.39. The summed E-state index contributed by atoms with van der Waals surface area (Å²) in [5.74, 6) is 0. The molecule has 0 aliphatic carbocycles. The van der Waals surface area contributed by atoms with Crippen LogP contribution in [0.1, 0.15) is 117 Å². The van der Waals surface area contributed by atoms with Crippen molar-refractivity contribution in [2.75, 3.05) is 19.6 Å². The van der Waals surface area contributed by atoms with Gasteiger partial charge in [0.15, 0.2) is 0 Å². The molecule has 0 spiro atoms. The second-order valence-corrected chi connectivity index (χ2v) is 8.89. The molecular weight excluding hydrogens is 338 g/mol. The van der Waals surface area contributed by atoms with Gasteiger partial charge in [0, 0.05) is 0 Å². The fourth-order valence-electron chi connectivity index (χ4n) is 4.52. The Morgan fingerprint density at radius 2 is 0.821 bits per heavy atom. The molecule has 1 aromatic rings. The maximum Gasteiger partial charge on any atom is 0.132 e. The molecule has 0 saturated carbocycles. The van der Waals surface area contributed by atoms with Crippen LogP contribution >= 0.6 is 0 Å². The Bertz CT molecular complexity index is 403. The molecule has 0 radical (unpaired) electrons. The van der Waals surface area contributed by atoms with Gasteiger partial charge in [0.1, 0.15) is 5.69 Å². The first kappa shape index (κ1) is 25.2. The molecule has 0 unspecified atom stereocenters. The van der Waals surface area contributed by atoms with Crippen LogP contribution in [0.5, 0.6) is 0 Å². The number of para-hydroxylation sites is 1. The molecular formula is C27H50N+. The maximum atomic E-state index is 2.41. The standard InChI is InChI=1S/C27H50N/c1-4-7-10-13-19-24-28(25-20-14-11-8-5-2,26-21-15-12-9-6-3)27-22-17-16-18-23-27/h16-18,22-23H,4-15,19-21,24-26H2,1-3H3/q+1. The summed E-state index contributed by atoms with van der Waals surface area (Å²) in [6.45, 7) is 11.0. The molecule has 1 nitrogen and oxygen atoms in total. The Balaban J connectivity index is 2.76. The summed E-state index contributed by atoms with van der Waals surface area (Å²) in [4.78, 5) is 0. The van der Waals surface area contributed by atoms with Gasteiger partial charge in [0.2, 0.25) is 0 Å².